The smallest absolute Gasteiger partial charge is 0.0337 e. The van der Waals surface area contributed by atoms with Gasteiger partial charge in [-0.2, -0.15) is 0 Å². The summed E-state index contributed by atoms with van der Waals surface area (Å²) in [6.45, 7) is 8.16. The summed E-state index contributed by atoms with van der Waals surface area (Å²) in [6, 6.07) is 0. The van der Waals surface area contributed by atoms with Gasteiger partial charge in [0, 0.05) is 5.38 Å². The molecule has 0 N–H and O–H groups in total. The Hall–Kier alpha value is 0.250. The zero-order valence-electron chi connectivity index (χ0n) is 8.22. The highest BCUT2D eigenvalue weighted by Gasteiger charge is 2.21. The summed E-state index contributed by atoms with van der Waals surface area (Å²) in [4.78, 5) is 2.55. The van der Waals surface area contributed by atoms with Gasteiger partial charge in [0.05, 0.1) is 0 Å². The molecule has 0 aromatic heterocycles. The molecule has 0 radical (unpaired) electrons. The molecule has 0 saturated carbocycles. The maximum atomic E-state index is 6.06. The van der Waals surface area contributed by atoms with E-state index in [-0.39, 0.29) is 0 Å². The Morgan fingerprint density at radius 2 is 2.00 bits per heavy atom. The zero-order valence-corrected chi connectivity index (χ0v) is 8.98. The van der Waals surface area contributed by atoms with Crippen molar-refractivity contribution in [3.63, 3.8) is 0 Å². The Morgan fingerprint density at radius 1 is 1.42 bits per heavy atom. The largest absolute Gasteiger partial charge is 0.303 e. The molecule has 72 valence electrons. The number of nitrogens with zero attached hydrogens (tertiary/aromatic N) is 1. The predicted octanol–water partition coefficient (Wildman–Crippen LogP) is 2.74. The lowest BCUT2D eigenvalue weighted by molar-refractivity contribution is 0.184. The van der Waals surface area contributed by atoms with Crippen molar-refractivity contribution < 1.29 is 0 Å². The third-order valence-corrected chi connectivity index (χ3v) is 3.18. The molecule has 1 aliphatic heterocycles. The van der Waals surface area contributed by atoms with Crippen LogP contribution >= 0.6 is 11.6 Å². The minimum absolute atomic E-state index is 0.369. The van der Waals surface area contributed by atoms with Crippen molar-refractivity contribution >= 4 is 11.6 Å². The molecular weight excluding hydrogens is 170 g/mol. The topological polar surface area (TPSA) is 3.24 Å². The lowest BCUT2D eigenvalue weighted by Gasteiger charge is -2.32. The monoisotopic (exact) mass is 189 g/mol. The fourth-order valence-electron chi connectivity index (χ4n) is 1.95. The molecule has 0 aromatic rings. The van der Waals surface area contributed by atoms with E-state index in [1.807, 2.05) is 0 Å². The molecule has 1 nitrogen and oxygen atoms in total. The minimum atomic E-state index is 0.369. The Balaban J connectivity index is 2.20. The molecule has 1 unspecified atom stereocenters. The first-order valence-corrected chi connectivity index (χ1v) is 5.54. The highest BCUT2D eigenvalue weighted by atomic mass is 35.5. The lowest BCUT2D eigenvalue weighted by atomic mass is 9.94. The van der Waals surface area contributed by atoms with Gasteiger partial charge in [0.1, 0.15) is 0 Å². The Labute approximate surface area is 81.1 Å². The maximum absolute atomic E-state index is 6.06. The van der Waals surface area contributed by atoms with Crippen molar-refractivity contribution in [2.45, 2.75) is 38.5 Å². The molecular formula is C10H20ClN. The number of piperidine rings is 1. The summed E-state index contributed by atoms with van der Waals surface area (Å²) in [7, 11) is 0. The van der Waals surface area contributed by atoms with Crippen molar-refractivity contribution in [3.05, 3.63) is 0 Å². The number of hydrogen-bond donors (Lipinski definition) is 0. The van der Waals surface area contributed by atoms with Crippen molar-refractivity contribution in [1.82, 2.24) is 4.90 Å². The highest BCUT2D eigenvalue weighted by molar-refractivity contribution is 6.20. The zero-order chi connectivity index (χ0) is 8.97. The second-order valence-electron chi connectivity index (χ2n) is 3.86. The summed E-state index contributed by atoms with van der Waals surface area (Å²) in [5.74, 6) is 0.764. The van der Waals surface area contributed by atoms with Gasteiger partial charge in [0.2, 0.25) is 0 Å². The van der Waals surface area contributed by atoms with Gasteiger partial charge in [0.15, 0.2) is 0 Å². The van der Waals surface area contributed by atoms with Gasteiger partial charge < -0.3 is 4.90 Å². The van der Waals surface area contributed by atoms with Crippen LogP contribution < -0.4 is 0 Å². The van der Waals surface area contributed by atoms with Gasteiger partial charge in [-0.1, -0.05) is 6.92 Å². The van der Waals surface area contributed by atoms with Crippen LogP contribution in [0.5, 0.6) is 0 Å². The van der Waals surface area contributed by atoms with E-state index in [0.29, 0.717) is 5.38 Å². The van der Waals surface area contributed by atoms with Crippen LogP contribution in [0.1, 0.15) is 33.1 Å². The van der Waals surface area contributed by atoms with Crippen molar-refractivity contribution in [3.8, 4) is 0 Å². The van der Waals surface area contributed by atoms with Crippen molar-refractivity contribution in [1.29, 1.82) is 0 Å². The number of rotatable bonds is 3. The number of alkyl halides is 1. The Morgan fingerprint density at radius 3 is 2.42 bits per heavy atom. The minimum Gasteiger partial charge on any atom is -0.303 e. The van der Waals surface area contributed by atoms with E-state index < -0.39 is 0 Å². The Bertz CT molecular complexity index is 117. The van der Waals surface area contributed by atoms with E-state index in [2.05, 4.69) is 18.7 Å². The molecule has 1 fully saturated rings. The van der Waals surface area contributed by atoms with Crippen LogP contribution in [0.15, 0.2) is 0 Å². The average molecular weight is 190 g/mol. The van der Waals surface area contributed by atoms with E-state index >= 15 is 0 Å². The first-order valence-electron chi connectivity index (χ1n) is 5.10. The first kappa shape index (κ1) is 10.3. The molecule has 0 spiro atoms. The fourth-order valence-corrected chi connectivity index (χ4v) is 2.20. The standard InChI is InChI=1S/C10H20ClN/c1-3-6-12-7-4-10(5-8-12)9(2)11/h9-10H,3-8H2,1-2H3. The van der Waals surface area contributed by atoms with Crippen LogP contribution in [0.3, 0.4) is 0 Å². The van der Waals surface area contributed by atoms with Crippen LogP contribution in [0, 0.1) is 5.92 Å². The van der Waals surface area contributed by atoms with Gasteiger partial charge in [-0.15, -0.1) is 11.6 Å². The van der Waals surface area contributed by atoms with E-state index in [1.165, 1.54) is 38.9 Å². The lowest BCUT2D eigenvalue weighted by Crippen LogP contribution is -2.36. The number of likely N-dealkylation sites (tertiary alicyclic amines) is 1. The fraction of sp³-hybridized carbons (Fsp3) is 1.00. The highest BCUT2D eigenvalue weighted by Crippen LogP contribution is 2.23. The van der Waals surface area contributed by atoms with E-state index in [0.717, 1.165) is 5.92 Å². The summed E-state index contributed by atoms with van der Waals surface area (Å²) in [6.07, 6.45) is 3.87. The number of hydrogen-bond acceptors (Lipinski definition) is 1. The van der Waals surface area contributed by atoms with Crippen LogP contribution in [0.25, 0.3) is 0 Å². The predicted molar refractivity (Wildman–Crippen MR) is 54.8 cm³/mol. The van der Waals surface area contributed by atoms with Gasteiger partial charge in [0.25, 0.3) is 0 Å². The average Bonchev–Trinajstić information content (AvgIpc) is 2.06. The summed E-state index contributed by atoms with van der Waals surface area (Å²) in [5.41, 5.74) is 0. The molecule has 12 heavy (non-hydrogen) atoms. The molecule has 1 aliphatic rings. The molecule has 2 heteroatoms. The molecule has 1 heterocycles. The summed E-state index contributed by atoms with van der Waals surface area (Å²) < 4.78 is 0. The van der Waals surface area contributed by atoms with Crippen LogP contribution in [-0.2, 0) is 0 Å². The molecule has 0 aliphatic carbocycles. The third kappa shape index (κ3) is 2.95. The van der Waals surface area contributed by atoms with Gasteiger partial charge >= 0.3 is 0 Å². The normalized spacial score (nSPS) is 24.2. The van der Waals surface area contributed by atoms with Gasteiger partial charge in [-0.25, -0.2) is 0 Å². The summed E-state index contributed by atoms with van der Waals surface area (Å²) in [5, 5.41) is 0.369. The second-order valence-corrected chi connectivity index (χ2v) is 4.55. The van der Waals surface area contributed by atoms with E-state index in [4.69, 9.17) is 11.6 Å². The molecule has 1 rings (SSSR count). The third-order valence-electron chi connectivity index (χ3n) is 2.82. The van der Waals surface area contributed by atoms with Gasteiger partial charge in [-0.05, 0) is 51.7 Å². The van der Waals surface area contributed by atoms with Gasteiger partial charge in [-0.3, -0.25) is 0 Å². The van der Waals surface area contributed by atoms with E-state index in [1.54, 1.807) is 0 Å². The molecule has 1 saturated heterocycles. The Kier molecular flexibility index (Phi) is 4.38. The van der Waals surface area contributed by atoms with Crippen molar-refractivity contribution in [2.24, 2.45) is 5.92 Å². The first-order chi connectivity index (χ1) is 5.74. The van der Waals surface area contributed by atoms with Crippen LogP contribution in [0.4, 0.5) is 0 Å². The molecule has 1 atom stereocenters. The summed E-state index contributed by atoms with van der Waals surface area (Å²) >= 11 is 6.06. The quantitative estimate of drug-likeness (QED) is 0.618. The molecule has 0 aromatic carbocycles. The second kappa shape index (κ2) is 5.08. The maximum Gasteiger partial charge on any atom is 0.0337 e. The van der Waals surface area contributed by atoms with Crippen molar-refractivity contribution in [2.75, 3.05) is 19.6 Å². The molecule has 0 bridgehead atoms. The van der Waals surface area contributed by atoms with Crippen LogP contribution in [0.2, 0.25) is 0 Å². The van der Waals surface area contributed by atoms with Crippen LogP contribution in [-0.4, -0.2) is 29.9 Å². The SMILES string of the molecule is CCCN1CCC(C(C)Cl)CC1. The number of halogens is 1. The molecule has 0 amide bonds. The van der Waals surface area contributed by atoms with E-state index in [9.17, 15) is 0 Å².